The molecule has 0 saturated carbocycles. The topological polar surface area (TPSA) is 47.0 Å². The molecule has 1 heterocycles. The van der Waals surface area contributed by atoms with Gasteiger partial charge in [-0.3, -0.25) is 0 Å². The normalized spacial score (nSPS) is 10.7. The summed E-state index contributed by atoms with van der Waals surface area (Å²) in [5.41, 5.74) is 2.38. The maximum absolute atomic E-state index is 13.9. The number of hydrogen-bond donors (Lipinski definition) is 1. The van der Waals surface area contributed by atoms with E-state index in [-0.39, 0.29) is 17.6 Å². The Labute approximate surface area is 124 Å². The SMILES string of the molecule is CCCNCc1cnc(Oc2cccc(C)c2F)nc1C. The molecule has 0 saturated heterocycles. The van der Waals surface area contributed by atoms with E-state index in [9.17, 15) is 4.39 Å². The second kappa shape index (κ2) is 7.13. The van der Waals surface area contributed by atoms with Crippen molar-refractivity contribution < 1.29 is 9.13 Å². The number of aromatic nitrogens is 2. The van der Waals surface area contributed by atoms with Crippen molar-refractivity contribution in [3.05, 3.63) is 47.0 Å². The van der Waals surface area contributed by atoms with E-state index < -0.39 is 0 Å². The van der Waals surface area contributed by atoms with Crippen LogP contribution in [0.5, 0.6) is 11.8 Å². The van der Waals surface area contributed by atoms with E-state index in [0.29, 0.717) is 5.56 Å². The number of nitrogens with one attached hydrogen (secondary N) is 1. The Balaban J connectivity index is 2.11. The van der Waals surface area contributed by atoms with Crippen LogP contribution in [0.1, 0.15) is 30.2 Å². The molecule has 21 heavy (non-hydrogen) atoms. The summed E-state index contributed by atoms with van der Waals surface area (Å²) in [6, 6.07) is 5.16. The van der Waals surface area contributed by atoms with Crippen LogP contribution in [0.25, 0.3) is 0 Å². The Morgan fingerprint density at radius 1 is 1.29 bits per heavy atom. The number of hydrogen-bond acceptors (Lipinski definition) is 4. The van der Waals surface area contributed by atoms with Crippen LogP contribution >= 0.6 is 0 Å². The fourth-order valence-electron chi connectivity index (χ4n) is 1.89. The molecule has 2 rings (SSSR count). The maximum Gasteiger partial charge on any atom is 0.322 e. The number of ether oxygens (including phenoxy) is 1. The lowest BCUT2D eigenvalue weighted by atomic mass is 10.2. The van der Waals surface area contributed by atoms with Gasteiger partial charge in [0.05, 0.1) is 0 Å². The average Bonchev–Trinajstić information content (AvgIpc) is 2.46. The minimum Gasteiger partial charge on any atom is -0.421 e. The first-order valence-electron chi connectivity index (χ1n) is 7.08. The number of aryl methyl sites for hydroxylation is 2. The molecule has 5 heteroatoms. The van der Waals surface area contributed by atoms with Gasteiger partial charge in [-0.1, -0.05) is 19.1 Å². The van der Waals surface area contributed by atoms with Gasteiger partial charge >= 0.3 is 6.01 Å². The molecule has 0 aliphatic carbocycles. The highest BCUT2D eigenvalue weighted by atomic mass is 19.1. The first kappa shape index (κ1) is 15.4. The van der Waals surface area contributed by atoms with Crippen LogP contribution < -0.4 is 10.1 Å². The van der Waals surface area contributed by atoms with Gasteiger partial charge in [0, 0.05) is 24.0 Å². The van der Waals surface area contributed by atoms with Crippen molar-refractivity contribution in [2.45, 2.75) is 33.7 Å². The summed E-state index contributed by atoms with van der Waals surface area (Å²) in [4.78, 5) is 8.42. The molecule has 0 radical (unpaired) electrons. The van der Waals surface area contributed by atoms with Crippen molar-refractivity contribution >= 4 is 0 Å². The highest BCUT2D eigenvalue weighted by Gasteiger charge is 2.10. The Morgan fingerprint density at radius 2 is 2.10 bits per heavy atom. The van der Waals surface area contributed by atoms with Crippen molar-refractivity contribution in [2.75, 3.05) is 6.54 Å². The molecule has 0 bridgehead atoms. The second-order valence-electron chi connectivity index (χ2n) is 4.93. The fourth-order valence-corrected chi connectivity index (χ4v) is 1.89. The lowest BCUT2D eigenvalue weighted by Gasteiger charge is -2.09. The van der Waals surface area contributed by atoms with E-state index in [0.717, 1.165) is 30.8 Å². The van der Waals surface area contributed by atoms with Gasteiger partial charge in [0.2, 0.25) is 0 Å². The van der Waals surface area contributed by atoms with Crippen molar-refractivity contribution in [1.29, 1.82) is 0 Å². The minimum atomic E-state index is -0.382. The number of benzene rings is 1. The zero-order valence-corrected chi connectivity index (χ0v) is 12.6. The van der Waals surface area contributed by atoms with Crippen LogP contribution in [0.3, 0.4) is 0 Å². The molecule has 0 aliphatic rings. The van der Waals surface area contributed by atoms with Crippen LogP contribution in [-0.4, -0.2) is 16.5 Å². The largest absolute Gasteiger partial charge is 0.421 e. The summed E-state index contributed by atoms with van der Waals surface area (Å²) < 4.78 is 19.3. The van der Waals surface area contributed by atoms with Gasteiger partial charge < -0.3 is 10.1 Å². The van der Waals surface area contributed by atoms with Crippen LogP contribution in [0.2, 0.25) is 0 Å². The van der Waals surface area contributed by atoms with E-state index in [2.05, 4.69) is 22.2 Å². The lowest BCUT2D eigenvalue weighted by Crippen LogP contribution is -2.15. The molecule has 0 aliphatic heterocycles. The van der Waals surface area contributed by atoms with Gasteiger partial charge in [-0.05, 0) is 38.4 Å². The van der Waals surface area contributed by atoms with Crippen molar-refractivity contribution in [3.63, 3.8) is 0 Å². The van der Waals surface area contributed by atoms with Gasteiger partial charge in [0.25, 0.3) is 0 Å². The third-order valence-electron chi connectivity index (χ3n) is 3.16. The van der Waals surface area contributed by atoms with E-state index in [1.807, 2.05) is 6.92 Å². The molecule has 1 aromatic heterocycles. The Bertz CT molecular complexity index is 616. The zero-order chi connectivity index (χ0) is 15.2. The predicted octanol–water partition coefficient (Wildman–Crippen LogP) is 3.52. The van der Waals surface area contributed by atoms with E-state index in [4.69, 9.17) is 4.74 Å². The summed E-state index contributed by atoms with van der Waals surface area (Å²) in [6.45, 7) is 7.37. The van der Waals surface area contributed by atoms with Gasteiger partial charge in [-0.15, -0.1) is 0 Å². The summed E-state index contributed by atoms with van der Waals surface area (Å²) in [7, 11) is 0. The molecule has 0 unspecified atom stereocenters. The maximum atomic E-state index is 13.9. The first-order chi connectivity index (χ1) is 10.1. The summed E-state index contributed by atoms with van der Waals surface area (Å²) >= 11 is 0. The predicted molar refractivity (Wildman–Crippen MR) is 80.0 cm³/mol. The standard InChI is InChI=1S/C16H20FN3O/c1-4-8-18-9-13-10-19-16(20-12(13)3)21-14-7-5-6-11(2)15(14)17/h5-7,10,18H,4,8-9H2,1-3H3. The Hall–Kier alpha value is -2.01. The molecule has 0 amide bonds. The Morgan fingerprint density at radius 3 is 2.81 bits per heavy atom. The number of rotatable bonds is 6. The molecule has 0 fully saturated rings. The van der Waals surface area contributed by atoms with E-state index in [1.165, 1.54) is 0 Å². The molecule has 0 atom stereocenters. The summed E-state index contributed by atoms with van der Waals surface area (Å²) in [6.07, 6.45) is 2.79. The molecule has 1 N–H and O–H groups in total. The van der Waals surface area contributed by atoms with Crippen LogP contribution in [0.4, 0.5) is 4.39 Å². The molecule has 4 nitrogen and oxygen atoms in total. The summed E-state index contributed by atoms with van der Waals surface area (Å²) in [5.74, 6) is -0.237. The third kappa shape index (κ3) is 3.98. The molecular formula is C16H20FN3O. The number of halogens is 1. The lowest BCUT2D eigenvalue weighted by molar-refractivity contribution is 0.407. The van der Waals surface area contributed by atoms with Gasteiger partial charge in [-0.25, -0.2) is 9.37 Å². The van der Waals surface area contributed by atoms with Gasteiger partial charge in [-0.2, -0.15) is 4.98 Å². The van der Waals surface area contributed by atoms with Crippen molar-refractivity contribution in [2.24, 2.45) is 0 Å². The van der Waals surface area contributed by atoms with Crippen molar-refractivity contribution in [3.8, 4) is 11.8 Å². The molecule has 1 aromatic carbocycles. The summed E-state index contributed by atoms with van der Waals surface area (Å²) in [5, 5.41) is 3.30. The van der Waals surface area contributed by atoms with E-state index in [1.54, 1.807) is 31.3 Å². The average molecular weight is 289 g/mol. The first-order valence-corrected chi connectivity index (χ1v) is 7.08. The van der Waals surface area contributed by atoms with Crippen LogP contribution in [0, 0.1) is 19.7 Å². The molecule has 2 aromatic rings. The molecular weight excluding hydrogens is 269 g/mol. The van der Waals surface area contributed by atoms with Gasteiger partial charge in [0.1, 0.15) is 0 Å². The van der Waals surface area contributed by atoms with Crippen LogP contribution in [-0.2, 0) is 6.54 Å². The smallest absolute Gasteiger partial charge is 0.322 e. The monoisotopic (exact) mass is 289 g/mol. The fraction of sp³-hybridized carbons (Fsp3) is 0.375. The minimum absolute atomic E-state index is 0.145. The van der Waals surface area contributed by atoms with Gasteiger partial charge in [0.15, 0.2) is 11.6 Å². The Kier molecular flexibility index (Phi) is 5.22. The number of nitrogens with zero attached hydrogens (tertiary/aromatic N) is 2. The van der Waals surface area contributed by atoms with E-state index >= 15 is 0 Å². The molecule has 112 valence electrons. The third-order valence-corrected chi connectivity index (χ3v) is 3.16. The van der Waals surface area contributed by atoms with Crippen LogP contribution in [0.15, 0.2) is 24.4 Å². The highest BCUT2D eigenvalue weighted by molar-refractivity contribution is 5.32. The second-order valence-corrected chi connectivity index (χ2v) is 4.93. The van der Waals surface area contributed by atoms with Crippen molar-refractivity contribution in [1.82, 2.24) is 15.3 Å². The highest BCUT2D eigenvalue weighted by Crippen LogP contribution is 2.24. The zero-order valence-electron chi connectivity index (χ0n) is 12.6. The quantitative estimate of drug-likeness (QED) is 0.826. The molecule has 0 spiro atoms.